The summed E-state index contributed by atoms with van der Waals surface area (Å²) in [4.78, 5) is 29.4. The number of benzene rings is 2. The number of para-hydroxylation sites is 1. The molecule has 0 fully saturated rings. The molecule has 3 aromatic rings. The highest BCUT2D eigenvalue weighted by molar-refractivity contribution is 5.97. The Labute approximate surface area is 174 Å². The molecule has 0 atom stereocenters. The molecular weight excluding hydrogens is 384 g/mol. The zero-order valence-corrected chi connectivity index (χ0v) is 17.2. The predicted molar refractivity (Wildman–Crippen MR) is 113 cm³/mol. The van der Waals surface area contributed by atoms with Crippen molar-refractivity contribution in [2.45, 2.75) is 13.5 Å². The second-order valence-electron chi connectivity index (χ2n) is 6.71. The molecule has 0 N–H and O–H groups in total. The van der Waals surface area contributed by atoms with Crippen molar-refractivity contribution in [2.75, 3.05) is 37.0 Å². The van der Waals surface area contributed by atoms with Crippen LogP contribution in [0.15, 0.2) is 54.6 Å². The van der Waals surface area contributed by atoms with Gasteiger partial charge in [0, 0.05) is 31.0 Å². The Morgan fingerprint density at radius 3 is 2.33 bits per heavy atom. The molecular formula is C21H24N6O3. The number of rotatable bonds is 8. The van der Waals surface area contributed by atoms with Crippen LogP contribution in [0, 0.1) is 0 Å². The number of amides is 1. The van der Waals surface area contributed by atoms with Gasteiger partial charge in [-0.15, -0.1) is 10.2 Å². The number of ether oxygens (including phenoxy) is 1. The van der Waals surface area contributed by atoms with E-state index in [1.54, 1.807) is 31.2 Å². The summed E-state index contributed by atoms with van der Waals surface area (Å²) in [6.45, 7) is 1.62. The number of anilines is 2. The molecule has 9 heteroatoms. The molecule has 0 aliphatic carbocycles. The highest BCUT2D eigenvalue weighted by Gasteiger charge is 2.21. The largest absolute Gasteiger partial charge is 0.465 e. The van der Waals surface area contributed by atoms with Gasteiger partial charge in [0.25, 0.3) is 5.91 Å². The fourth-order valence-corrected chi connectivity index (χ4v) is 2.81. The van der Waals surface area contributed by atoms with Gasteiger partial charge >= 0.3 is 5.97 Å². The van der Waals surface area contributed by atoms with Gasteiger partial charge in [-0.2, -0.15) is 4.80 Å². The SMILES string of the molecule is CCOC(=O)CN(C(=O)Cn1nnc(-c2ccc(N(C)C)cc2)n1)c1ccccc1. The smallest absolute Gasteiger partial charge is 0.326 e. The van der Waals surface area contributed by atoms with Crippen LogP contribution in [-0.2, 0) is 20.9 Å². The van der Waals surface area contributed by atoms with Crippen molar-refractivity contribution in [2.24, 2.45) is 0 Å². The summed E-state index contributed by atoms with van der Waals surface area (Å²) >= 11 is 0. The maximum atomic E-state index is 12.9. The van der Waals surface area contributed by atoms with E-state index in [1.165, 1.54) is 9.70 Å². The van der Waals surface area contributed by atoms with E-state index in [0.717, 1.165) is 11.3 Å². The van der Waals surface area contributed by atoms with Gasteiger partial charge in [-0.05, 0) is 48.5 Å². The lowest BCUT2D eigenvalue weighted by atomic mass is 10.2. The summed E-state index contributed by atoms with van der Waals surface area (Å²) in [5.41, 5.74) is 2.44. The van der Waals surface area contributed by atoms with Gasteiger partial charge in [-0.1, -0.05) is 18.2 Å². The normalized spacial score (nSPS) is 10.5. The van der Waals surface area contributed by atoms with E-state index in [9.17, 15) is 9.59 Å². The van der Waals surface area contributed by atoms with Crippen LogP contribution in [0.25, 0.3) is 11.4 Å². The maximum absolute atomic E-state index is 12.9. The summed E-state index contributed by atoms with van der Waals surface area (Å²) in [7, 11) is 3.92. The highest BCUT2D eigenvalue weighted by atomic mass is 16.5. The molecule has 1 aromatic heterocycles. The number of aromatic nitrogens is 4. The number of hydrogen-bond donors (Lipinski definition) is 0. The van der Waals surface area contributed by atoms with Crippen molar-refractivity contribution in [3.63, 3.8) is 0 Å². The molecule has 30 heavy (non-hydrogen) atoms. The maximum Gasteiger partial charge on any atom is 0.326 e. The van der Waals surface area contributed by atoms with Crippen LogP contribution in [0.3, 0.4) is 0 Å². The lowest BCUT2D eigenvalue weighted by molar-refractivity contribution is -0.142. The minimum atomic E-state index is -0.483. The average molecular weight is 408 g/mol. The molecule has 0 bridgehead atoms. The van der Waals surface area contributed by atoms with Crippen molar-refractivity contribution in [1.29, 1.82) is 0 Å². The Morgan fingerprint density at radius 1 is 1.00 bits per heavy atom. The molecule has 9 nitrogen and oxygen atoms in total. The van der Waals surface area contributed by atoms with E-state index in [2.05, 4.69) is 15.4 Å². The molecule has 0 saturated heterocycles. The van der Waals surface area contributed by atoms with E-state index in [0.29, 0.717) is 11.5 Å². The van der Waals surface area contributed by atoms with Crippen LogP contribution < -0.4 is 9.80 Å². The third-order valence-electron chi connectivity index (χ3n) is 4.33. The van der Waals surface area contributed by atoms with E-state index < -0.39 is 5.97 Å². The number of carbonyl (C=O) groups excluding carboxylic acids is 2. The summed E-state index contributed by atoms with van der Waals surface area (Å²) < 4.78 is 5.00. The molecule has 0 aliphatic heterocycles. The predicted octanol–water partition coefficient (Wildman–Crippen LogP) is 2.00. The molecule has 1 amide bonds. The lowest BCUT2D eigenvalue weighted by Gasteiger charge is -2.21. The van der Waals surface area contributed by atoms with E-state index >= 15 is 0 Å². The number of nitrogens with zero attached hydrogens (tertiary/aromatic N) is 6. The average Bonchev–Trinajstić information content (AvgIpc) is 3.21. The van der Waals surface area contributed by atoms with Crippen LogP contribution in [0.5, 0.6) is 0 Å². The van der Waals surface area contributed by atoms with Crippen LogP contribution in [-0.4, -0.2) is 59.3 Å². The number of hydrogen-bond acceptors (Lipinski definition) is 7. The summed E-state index contributed by atoms with van der Waals surface area (Å²) in [6, 6.07) is 16.6. The second kappa shape index (κ2) is 9.64. The zero-order chi connectivity index (χ0) is 21.5. The number of tetrazole rings is 1. The molecule has 2 aromatic carbocycles. The first-order valence-corrected chi connectivity index (χ1v) is 9.54. The fraction of sp³-hybridized carbons (Fsp3) is 0.286. The molecule has 0 unspecified atom stereocenters. The van der Waals surface area contributed by atoms with Crippen molar-refractivity contribution in [3.05, 3.63) is 54.6 Å². The Morgan fingerprint density at radius 2 is 1.70 bits per heavy atom. The molecule has 156 valence electrons. The van der Waals surface area contributed by atoms with Crippen molar-refractivity contribution in [3.8, 4) is 11.4 Å². The number of esters is 1. The van der Waals surface area contributed by atoms with Gasteiger partial charge in [0.1, 0.15) is 13.1 Å². The zero-order valence-electron chi connectivity index (χ0n) is 17.2. The minimum Gasteiger partial charge on any atom is -0.465 e. The topological polar surface area (TPSA) is 93.5 Å². The molecule has 0 radical (unpaired) electrons. The first kappa shape index (κ1) is 21.0. The first-order valence-electron chi connectivity index (χ1n) is 9.54. The van der Waals surface area contributed by atoms with Crippen molar-refractivity contribution < 1.29 is 14.3 Å². The van der Waals surface area contributed by atoms with Gasteiger partial charge in [-0.25, -0.2) is 0 Å². The standard InChI is InChI=1S/C21H24N6O3/c1-4-30-20(29)15-26(18-8-6-5-7-9-18)19(28)14-27-23-21(22-24-27)16-10-12-17(13-11-16)25(2)3/h5-13H,4,14-15H2,1-3H3. The van der Waals surface area contributed by atoms with E-state index in [-0.39, 0.29) is 25.6 Å². The van der Waals surface area contributed by atoms with E-state index in [1.807, 2.05) is 49.3 Å². The summed E-state index contributed by atoms with van der Waals surface area (Å²) in [6.07, 6.45) is 0. The Kier molecular flexibility index (Phi) is 6.74. The van der Waals surface area contributed by atoms with Crippen molar-refractivity contribution in [1.82, 2.24) is 20.2 Å². The molecule has 3 rings (SSSR count). The number of carbonyl (C=O) groups is 2. The van der Waals surface area contributed by atoms with Crippen LogP contribution in [0.1, 0.15) is 6.92 Å². The lowest BCUT2D eigenvalue weighted by Crippen LogP contribution is -2.39. The third-order valence-corrected chi connectivity index (χ3v) is 4.33. The minimum absolute atomic E-state index is 0.156. The molecule has 0 saturated carbocycles. The van der Waals surface area contributed by atoms with Crippen LogP contribution in [0.4, 0.5) is 11.4 Å². The van der Waals surface area contributed by atoms with Crippen LogP contribution in [0.2, 0.25) is 0 Å². The van der Waals surface area contributed by atoms with Crippen molar-refractivity contribution >= 4 is 23.3 Å². The Hall–Kier alpha value is -3.75. The van der Waals surface area contributed by atoms with Crippen LogP contribution >= 0.6 is 0 Å². The second-order valence-corrected chi connectivity index (χ2v) is 6.71. The monoisotopic (exact) mass is 408 g/mol. The van der Waals surface area contributed by atoms with Gasteiger partial charge in [0.05, 0.1) is 6.61 Å². The van der Waals surface area contributed by atoms with Gasteiger partial charge in [-0.3, -0.25) is 14.5 Å². The van der Waals surface area contributed by atoms with Gasteiger partial charge < -0.3 is 9.64 Å². The van der Waals surface area contributed by atoms with E-state index in [4.69, 9.17) is 4.74 Å². The molecule has 0 spiro atoms. The first-order chi connectivity index (χ1) is 14.5. The quantitative estimate of drug-likeness (QED) is 0.526. The Balaban J connectivity index is 1.75. The Bertz CT molecular complexity index is 985. The summed E-state index contributed by atoms with van der Waals surface area (Å²) in [5.74, 6) is -0.408. The highest BCUT2D eigenvalue weighted by Crippen LogP contribution is 2.19. The molecule has 0 aliphatic rings. The third kappa shape index (κ3) is 5.19. The van der Waals surface area contributed by atoms with Gasteiger partial charge in [0.15, 0.2) is 0 Å². The summed E-state index contributed by atoms with van der Waals surface area (Å²) in [5, 5.41) is 12.3. The fourth-order valence-electron chi connectivity index (χ4n) is 2.81. The van der Waals surface area contributed by atoms with Gasteiger partial charge in [0.2, 0.25) is 5.82 Å². The molecule has 1 heterocycles.